The molecular weight excluding hydrogens is 567 g/mol. The monoisotopic (exact) mass is 598 g/mol. The van der Waals surface area contributed by atoms with Gasteiger partial charge in [0.15, 0.2) is 11.5 Å². The van der Waals surface area contributed by atoms with Gasteiger partial charge in [0.05, 0.1) is 28.7 Å². The number of ether oxygens (including phenoxy) is 1. The Bertz CT molecular complexity index is 1780. The SMILES string of the molecule is C=C(F)C(=O)N1CC[C@@H]2[C@H]1CN2c1nc(OCC23CCCN2CCC3)nc2nc(-c3cccc4cccc(Cl)c34)ccc12. The number of carbonyl (C=O) groups is 1. The summed E-state index contributed by atoms with van der Waals surface area (Å²) >= 11 is 6.66. The highest BCUT2D eigenvalue weighted by Gasteiger charge is 2.50. The lowest BCUT2D eigenvalue weighted by Gasteiger charge is -2.47. The van der Waals surface area contributed by atoms with Crippen LogP contribution in [0, 0.1) is 0 Å². The molecule has 1 amide bonds. The molecule has 2 aromatic carbocycles. The van der Waals surface area contributed by atoms with Crippen molar-refractivity contribution in [3.8, 4) is 17.3 Å². The molecule has 0 bridgehead atoms. The highest BCUT2D eigenvalue weighted by atomic mass is 35.5. The summed E-state index contributed by atoms with van der Waals surface area (Å²) in [5.41, 5.74) is 2.29. The molecule has 43 heavy (non-hydrogen) atoms. The number of benzene rings is 2. The third-order valence-corrected chi connectivity index (χ3v) is 10.3. The minimum absolute atomic E-state index is 0.0320. The number of fused-ring (bicyclic) bond motifs is 4. The first kappa shape index (κ1) is 26.8. The fourth-order valence-corrected chi connectivity index (χ4v) is 8.13. The number of carbonyl (C=O) groups excluding carboxylic acids is 1. The van der Waals surface area contributed by atoms with Crippen molar-refractivity contribution in [2.75, 3.05) is 37.7 Å². The predicted octanol–water partition coefficient (Wildman–Crippen LogP) is 5.78. The fraction of sp³-hybridized carbons (Fsp3) is 0.394. The second kappa shape index (κ2) is 10.1. The van der Waals surface area contributed by atoms with E-state index in [0.717, 1.165) is 65.6 Å². The van der Waals surface area contributed by atoms with Crippen molar-refractivity contribution in [3.63, 3.8) is 0 Å². The Morgan fingerprint density at radius 1 is 1.02 bits per heavy atom. The van der Waals surface area contributed by atoms with E-state index in [1.54, 1.807) is 4.90 Å². The number of aromatic nitrogens is 3. The van der Waals surface area contributed by atoms with Gasteiger partial charge >= 0.3 is 6.01 Å². The van der Waals surface area contributed by atoms with Gasteiger partial charge in [-0.3, -0.25) is 9.69 Å². The number of nitrogens with zero attached hydrogens (tertiary/aromatic N) is 6. The van der Waals surface area contributed by atoms with Gasteiger partial charge in [-0.15, -0.1) is 0 Å². The molecule has 2 aromatic heterocycles. The van der Waals surface area contributed by atoms with Crippen LogP contribution in [0.2, 0.25) is 5.02 Å². The zero-order valence-electron chi connectivity index (χ0n) is 23.8. The van der Waals surface area contributed by atoms with Gasteiger partial charge in [-0.05, 0) is 68.8 Å². The summed E-state index contributed by atoms with van der Waals surface area (Å²) in [6, 6.07) is 16.2. The number of amides is 1. The lowest BCUT2D eigenvalue weighted by atomic mass is 9.95. The van der Waals surface area contributed by atoms with Gasteiger partial charge in [0.2, 0.25) is 0 Å². The summed E-state index contributed by atoms with van der Waals surface area (Å²) in [7, 11) is 0. The van der Waals surface area contributed by atoms with Crippen LogP contribution in [0.3, 0.4) is 0 Å². The van der Waals surface area contributed by atoms with E-state index in [-0.39, 0.29) is 17.6 Å². The fourth-order valence-electron chi connectivity index (χ4n) is 7.85. The Kier molecular flexibility index (Phi) is 6.31. The molecule has 0 N–H and O–H groups in total. The molecule has 4 fully saturated rings. The van der Waals surface area contributed by atoms with Gasteiger partial charge in [0, 0.05) is 29.1 Å². The van der Waals surface area contributed by atoms with Gasteiger partial charge < -0.3 is 14.5 Å². The second-order valence-corrected chi connectivity index (χ2v) is 12.6. The number of likely N-dealkylation sites (tertiary alicyclic amines) is 1. The van der Waals surface area contributed by atoms with E-state index >= 15 is 0 Å². The van der Waals surface area contributed by atoms with Crippen LogP contribution in [0.5, 0.6) is 6.01 Å². The first-order valence-electron chi connectivity index (χ1n) is 15.1. The number of hydrogen-bond donors (Lipinski definition) is 0. The van der Waals surface area contributed by atoms with E-state index in [1.165, 1.54) is 12.8 Å². The number of pyridine rings is 1. The Morgan fingerprint density at radius 2 is 1.81 bits per heavy atom. The van der Waals surface area contributed by atoms with Crippen LogP contribution in [0.4, 0.5) is 10.2 Å². The maximum absolute atomic E-state index is 13.7. The third kappa shape index (κ3) is 4.27. The van der Waals surface area contributed by atoms with Crippen LogP contribution < -0.4 is 9.64 Å². The van der Waals surface area contributed by atoms with E-state index in [0.29, 0.717) is 36.4 Å². The summed E-state index contributed by atoms with van der Waals surface area (Å²) in [5, 5.41) is 3.46. The van der Waals surface area contributed by atoms with Crippen molar-refractivity contribution in [3.05, 3.63) is 66.0 Å². The van der Waals surface area contributed by atoms with Gasteiger partial charge in [0.1, 0.15) is 12.4 Å². The summed E-state index contributed by atoms with van der Waals surface area (Å²) in [5.74, 6) is -0.808. The molecule has 0 radical (unpaired) electrons. The normalized spacial score (nSPS) is 22.6. The number of halogens is 2. The number of rotatable bonds is 6. The molecule has 4 saturated heterocycles. The van der Waals surface area contributed by atoms with E-state index in [9.17, 15) is 9.18 Å². The minimum atomic E-state index is -0.917. The molecular formula is C33H32ClFN6O2. The van der Waals surface area contributed by atoms with Crippen LogP contribution in [0.15, 0.2) is 60.9 Å². The van der Waals surface area contributed by atoms with Gasteiger partial charge in [0.25, 0.3) is 5.91 Å². The number of hydrogen-bond acceptors (Lipinski definition) is 7. The molecule has 10 heteroatoms. The highest BCUT2D eigenvalue weighted by molar-refractivity contribution is 6.36. The lowest BCUT2D eigenvalue weighted by Crippen LogP contribution is -2.63. The average Bonchev–Trinajstić information content (AvgIpc) is 3.68. The summed E-state index contributed by atoms with van der Waals surface area (Å²) < 4.78 is 20.1. The van der Waals surface area contributed by atoms with Crippen molar-refractivity contribution in [1.82, 2.24) is 24.8 Å². The predicted molar refractivity (Wildman–Crippen MR) is 165 cm³/mol. The van der Waals surface area contributed by atoms with Crippen molar-refractivity contribution in [1.29, 1.82) is 0 Å². The van der Waals surface area contributed by atoms with Crippen LogP contribution in [-0.2, 0) is 4.79 Å². The molecule has 0 saturated carbocycles. The second-order valence-electron chi connectivity index (χ2n) is 12.2. The topological polar surface area (TPSA) is 74.7 Å². The summed E-state index contributed by atoms with van der Waals surface area (Å²) in [6.45, 7) is 7.03. The van der Waals surface area contributed by atoms with Crippen molar-refractivity contribution in [2.45, 2.75) is 49.7 Å². The molecule has 0 spiro atoms. The summed E-state index contributed by atoms with van der Waals surface area (Å²) in [4.78, 5) is 33.6. The smallest absolute Gasteiger partial charge is 0.320 e. The first-order valence-corrected chi connectivity index (χ1v) is 15.5. The first-order chi connectivity index (χ1) is 20.9. The third-order valence-electron chi connectivity index (χ3n) is 9.99. The van der Waals surface area contributed by atoms with E-state index < -0.39 is 11.7 Å². The summed E-state index contributed by atoms with van der Waals surface area (Å²) in [6.07, 6.45) is 5.34. The molecule has 4 aliphatic rings. The molecule has 220 valence electrons. The van der Waals surface area contributed by atoms with E-state index in [1.807, 2.05) is 48.5 Å². The Hall–Kier alpha value is -3.82. The van der Waals surface area contributed by atoms with E-state index in [2.05, 4.69) is 16.4 Å². The van der Waals surface area contributed by atoms with Crippen LogP contribution in [-0.4, -0.2) is 81.1 Å². The van der Waals surface area contributed by atoms with Crippen LogP contribution in [0.25, 0.3) is 33.1 Å². The molecule has 8 rings (SSSR count). The largest absolute Gasteiger partial charge is 0.461 e. The maximum Gasteiger partial charge on any atom is 0.320 e. The Morgan fingerprint density at radius 3 is 2.60 bits per heavy atom. The highest BCUT2D eigenvalue weighted by Crippen LogP contribution is 2.42. The van der Waals surface area contributed by atoms with E-state index in [4.69, 9.17) is 31.3 Å². The quantitative estimate of drug-likeness (QED) is 0.261. The van der Waals surface area contributed by atoms with Gasteiger partial charge in [-0.1, -0.05) is 48.5 Å². The molecule has 6 heterocycles. The minimum Gasteiger partial charge on any atom is -0.461 e. The standard InChI is InChI=1S/C33H32ClFN6O2/c1-20(35)31(42)40-17-12-26-27(40)18-41(26)30-23-10-11-25(22-8-2-6-21-7-3-9-24(34)28(21)22)36-29(23)37-32(38-30)43-19-33-13-4-15-39(33)16-5-14-33/h2-3,6-11,26-27H,1,4-5,12-19H2/t26-,27-/m1/s1. The van der Waals surface area contributed by atoms with Crippen LogP contribution in [0.1, 0.15) is 32.1 Å². The molecule has 0 aliphatic carbocycles. The Balaban J connectivity index is 1.19. The van der Waals surface area contributed by atoms with Crippen molar-refractivity contribution < 1.29 is 13.9 Å². The van der Waals surface area contributed by atoms with Crippen LogP contribution >= 0.6 is 11.6 Å². The van der Waals surface area contributed by atoms with Crippen molar-refractivity contribution >= 4 is 45.1 Å². The maximum atomic E-state index is 13.7. The zero-order chi connectivity index (χ0) is 29.3. The lowest BCUT2D eigenvalue weighted by molar-refractivity contribution is -0.130. The molecule has 0 unspecified atom stereocenters. The molecule has 8 nitrogen and oxygen atoms in total. The molecule has 2 atom stereocenters. The Labute approximate surface area is 254 Å². The zero-order valence-corrected chi connectivity index (χ0v) is 24.6. The van der Waals surface area contributed by atoms with Gasteiger partial charge in [-0.25, -0.2) is 9.37 Å². The average molecular weight is 599 g/mol. The van der Waals surface area contributed by atoms with Gasteiger partial charge in [-0.2, -0.15) is 9.97 Å². The van der Waals surface area contributed by atoms with Crippen molar-refractivity contribution in [2.24, 2.45) is 0 Å². The molecule has 4 aromatic rings. The molecule has 4 aliphatic heterocycles. The number of anilines is 1.